The Kier molecular flexibility index (Phi) is 3.97. The van der Waals surface area contributed by atoms with Gasteiger partial charge in [0.1, 0.15) is 5.65 Å². The van der Waals surface area contributed by atoms with Crippen LogP contribution in [0.5, 0.6) is 0 Å². The van der Waals surface area contributed by atoms with Gasteiger partial charge in [-0.1, -0.05) is 0 Å². The smallest absolute Gasteiger partial charge is 0.243 e. The summed E-state index contributed by atoms with van der Waals surface area (Å²) in [6.07, 6.45) is 6.03. The average Bonchev–Trinajstić information content (AvgIpc) is 2.73. The maximum atomic E-state index is 11.2. The molecule has 0 unspecified atom stereocenters. The van der Waals surface area contributed by atoms with Crippen molar-refractivity contribution in [1.29, 1.82) is 0 Å². The van der Waals surface area contributed by atoms with Crippen LogP contribution in [0, 0.1) is 6.92 Å². The highest BCUT2D eigenvalue weighted by Crippen LogP contribution is 2.14. The molecular formula is C14H18N4O. The predicted octanol–water partition coefficient (Wildman–Crippen LogP) is 0.903. The lowest BCUT2D eigenvalue weighted by Gasteiger charge is -1.99. The van der Waals surface area contributed by atoms with E-state index in [-0.39, 0.29) is 5.91 Å². The number of amides is 1. The molecule has 2 aromatic heterocycles. The SMILES string of the molecule is CNC(=O)/C=C/c1ccc2nc(CCN)c(C)n2c1. The largest absolute Gasteiger partial charge is 0.356 e. The number of rotatable bonds is 4. The van der Waals surface area contributed by atoms with E-state index in [4.69, 9.17) is 5.73 Å². The van der Waals surface area contributed by atoms with Gasteiger partial charge in [0, 0.05) is 31.4 Å². The van der Waals surface area contributed by atoms with E-state index in [1.807, 2.05) is 29.7 Å². The third kappa shape index (κ3) is 2.82. The second-order valence-electron chi connectivity index (χ2n) is 4.32. The van der Waals surface area contributed by atoms with E-state index >= 15 is 0 Å². The fraction of sp³-hybridized carbons (Fsp3) is 0.286. The Morgan fingerprint density at radius 2 is 2.32 bits per heavy atom. The highest BCUT2D eigenvalue weighted by Gasteiger charge is 2.07. The second-order valence-corrected chi connectivity index (χ2v) is 4.32. The summed E-state index contributed by atoms with van der Waals surface area (Å²) >= 11 is 0. The third-order valence-electron chi connectivity index (χ3n) is 3.03. The molecule has 5 nitrogen and oxygen atoms in total. The van der Waals surface area contributed by atoms with Gasteiger partial charge in [0.15, 0.2) is 0 Å². The Hall–Kier alpha value is -2.14. The van der Waals surface area contributed by atoms with E-state index in [0.717, 1.165) is 29.0 Å². The van der Waals surface area contributed by atoms with E-state index in [2.05, 4.69) is 10.3 Å². The lowest BCUT2D eigenvalue weighted by Crippen LogP contribution is -2.13. The summed E-state index contributed by atoms with van der Waals surface area (Å²) < 4.78 is 2.02. The number of nitrogens with zero attached hydrogens (tertiary/aromatic N) is 2. The average molecular weight is 258 g/mol. The van der Waals surface area contributed by atoms with Crippen molar-refractivity contribution in [3.63, 3.8) is 0 Å². The highest BCUT2D eigenvalue weighted by molar-refractivity contribution is 5.91. The minimum absolute atomic E-state index is 0.119. The third-order valence-corrected chi connectivity index (χ3v) is 3.03. The fourth-order valence-corrected chi connectivity index (χ4v) is 1.95. The molecule has 2 heterocycles. The molecule has 1 amide bonds. The topological polar surface area (TPSA) is 72.4 Å². The first kappa shape index (κ1) is 13.3. The first-order valence-electron chi connectivity index (χ1n) is 6.23. The molecule has 0 spiro atoms. The Balaban J connectivity index is 2.37. The van der Waals surface area contributed by atoms with Gasteiger partial charge in [0.2, 0.25) is 5.91 Å². The molecule has 0 fully saturated rings. The van der Waals surface area contributed by atoms with Crippen LogP contribution >= 0.6 is 0 Å². The lowest BCUT2D eigenvalue weighted by atomic mass is 10.2. The Labute approximate surface area is 112 Å². The van der Waals surface area contributed by atoms with Crippen molar-refractivity contribution in [1.82, 2.24) is 14.7 Å². The summed E-state index contributed by atoms with van der Waals surface area (Å²) in [6.45, 7) is 2.62. The standard InChI is InChI=1S/C14H18N4O/c1-10-12(7-8-15)17-13-5-3-11(9-18(10)13)4-6-14(19)16-2/h3-6,9H,7-8,15H2,1-2H3,(H,16,19)/b6-4+. The summed E-state index contributed by atoms with van der Waals surface area (Å²) in [7, 11) is 1.61. The van der Waals surface area contributed by atoms with Crippen molar-refractivity contribution in [3.8, 4) is 0 Å². The van der Waals surface area contributed by atoms with Crippen LogP contribution < -0.4 is 11.1 Å². The molecule has 0 aliphatic carbocycles. The van der Waals surface area contributed by atoms with Crippen LogP contribution in [0.2, 0.25) is 0 Å². The Morgan fingerprint density at radius 3 is 3.00 bits per heavy atom. The Morgan fingerprint density at radius 1 is 1.53 bits per heavy atom. The molecule has 0 aliphatic heterocycles. The number of hydrogen-bond acceptors (Lipinski definition) is 3. The number of carbonyl (C=O) groups is 1. The number of nitrogens with two attached hydrogens (primary N) is 1. The molecule has 0 saturated heterocycles. The summed E-state index contributed by atoms with van der Waals surface area (Å²) in [6, 6.07) is 3.88. The summed E-state index contributed by atoms with van der Waals surface area (Å²) in [4.78, 5) is 15.7. The summed E-state index contributed by atoms with van der Waals surface area (Å²) in [5.74, 6) is -0.119. The summed E-state index contributed by atoms with van der Waals surface area (Å²) in [5, 5.41) is 2.55. The zero-order chi connectivity index (χ0) is 13.8. The molecule has 100 valence electrons. The normalized spacial score (nSPS) is 11.3. The van der Waals surface area contributed by atoms with Gasteiger partial charge in [0.05, 0.1) is 5.69 Å². The van der Waals surface area contributed by atoms with Crippen LogP contribution in [0.3, 0.4) is 0 Å². The number of aromatic nitrogens is 2. The number of carbonyl (C=O) groups excluding carboxylic acids is 1. The number of pyridine rings is 1. The minimum atomic E-state index is -0.119. The molecule has 0 bridgehead atoms. The summed E-state index contributed by atoms with van der Waals surface area (Å²) in [5.41, 5.74) is 9.54. The van der Waals surface area contributed by atoms with Crippen LogP contribution in [0.25, 0.3) is 11.7 Å². The quantitative estimate of drug-likeness (QED) is 0.800. The maximum absolute atomic E-state index is 11.2. The highest BCUT2D eigenvalue weighted by atomic mass is 16.1. The van der Waals surface area contributed by atoms with Crippen molar-refractivity contribution in [2.75, 3.05) is 13.6 Å². The number of fused-ring (bicyclic) bond motifs is 1. The fourth-order valence-electron chi connectivity index (χ4n) is 1.95. The molecule has 0 saturated carbocycles. The lowest BCUT2D eigenvalue weighted by molar-refractivity contribution is -0.115. The van der Waals surface area contributed by atoms with E-state index in [1.54, 1.807) is 13.1 Å². The van der Waals surface area contributed by atoms with Crippen LogP contribution in [0.1, 0.15) is 17.0 Å². The van der Waals surface area contributed by atoms with Gasteiger partial charge in [-0.05, 0) is 37.2 Å². The minimum Gasteiger partial charge on any atom is -0.356 e. The van der Waals surface area contributed by atoms with Gasteiger partial charge in [-0.3, -0.25) is 4.79 Å². The number of imidazole rings is 1. The number of aryl methyl sites for hydroxylation is 1. The number of nitrogens with one attached hydrogen (secondary N) is 1. The van der Waals surface area contributed by atoms with Crippen LogP contribution in [-0.2, 0) is 11.2 Å². The monoisotopic (exact) mass is 258 g/mol. The van der Waals surface area contributed by atoms with Gasteiger partial charge < -0.3 is 15.5 Å². The molecular weight excluding hydrogens is 240 g/mol. The molecule has 5 heteroatoms. The van der Waals surface area contributed by atoms with Gasteiger partial charge in [0.25, 0.3) is 0 Å². The van der Waals surface area contributed by atoms with Gasteiger partial charge in [-0.15, -0.1) is 0 Å². The zero-order valence-electron chi connectivity index (χ0n) is 11.2. The van der Waals surface area contributed by atoms with Crippen molar-refractivity contribution in [2.45, 2.75) is 13.3 Å². The first-order chi connectivity index (χ1) is 9.15. The van der Waals surface area contributed by atoms with E-state index in [0.29, 0.717) is 6.54 Å². The first-order valence-corrected chi connectivity index (χ1v) is 6.23. The van der Waals surface area contributed by atoms with E-state index < -0.39 is 0 Å². The van der Waals surface area contributed by atoms with Crippen LogP contribution in [0.15, 0.2) is 24.4 Å². The van der Waals surface area contributed by atoms with Gasteiger partial charge >= 0.3 is 0 Å². The van der Waals surface area contributed by atoms with E-state index in [9.17, 15) is 4.79 Å². The van der Waals surface area contributed by atoms with Crippen molar-refractivity contribution < 1.29 is 4.79 Å². The van der Waals surface area contributed by atoms with Crippen molar-refractivity contribution in [2.24, 2.45) is 5.73 Å². The molecule has 0 radical (unpaired) electrons. The molecule has 0 aromatic carbocycles. The molecule has 0 atom stereocenters. The predicted molar refractivity (Wildman–Crippen MR) is 75.8 cm³/mol. The van der Waals surface area contributed by atoms with Crippen molar-refractivity contribution >= 4 is 17.6 Å². The number of hydrogen-bond donors (Lipinski definition) is 2. The van der Waals surface area contributed by atoms with Crippen LogP contribution in [-0.4, -0.2) is 28.9 Å². The van der Waals surface area contributed by atoms with E-state index in [1.165, 1.54) is 6.08 Å². The Bertz CT molecular complexity index is 628. The zero-order valence-corrected chi connectivity index (χ0v) is 11.2. The molecule has 2 rings (SSSR count). The van der Waals surface area contributed by atoms with Crippen molar-refractivity contribution in [3.05, 3.63) is 41.4 Å². The molecule has 0 aliphatic rings. The molecule has 19 heavy (non-hydrogen) atoms. The second kappa shape index (κ2) is 5.67. The number of likely N-dealkylation sites (N-methyl/N-ethyl adjacent to an activating group) is 1. The van der Waals surface area contributed by atoms with Crippen LogP contribution in [0.4, 0.5) is 0 Å². The maximum Gasteiger partial charge on any atom is 0.243 e. The molecule has 3 N–H and O–H groups in total. The van der Waals surface area contributed by atoms with Gasteiger partial charge in [-0.2, -0.15) is 0 Å². The molecule has 2 aromatic rings. The van der Waals surface area contributed by atoms with Gasteiger partial charge in [-0.25, -0.2) is 4.98 Å².